The summed E-state index contributed by atoms with van der Waals surface area (Å²) in [5.41, 5.74) is 0.823. The predicted molar refractivity (Wildman–Crippen MR) is 96.7 cm³/mol. The number of hydrogen-bond acceptors (Lipinski definition) is 3. The van der Waals surface area contributed by atoms with Crippen LogP contribution in [0.2, 0.25) is 0 Å². The molecule has 0 spiro atoms. The second kappa shape index (κ2) is 7.99. The second-order valence-corrected chi connectivity index (χ2v) is 6.09. The Labute approximate surface area is 151 Å². The van der Waals surface area contributed by atoms with E-state index in [1.807, 2.05) is 19.1 Å². The molecule has 1 aliphatic rings. The van der Waals surface area contributed by atoms with Crippen LogP contribution >= 0.6 is 0 Å². The number of nitrogens with zero attached hydrogens (tertiary/aromatic N) is 1. The SMILES string of the molecule is CCOc1ccccc1NC(=O)C1CCCN1C(=O)c1cccc(F)c1. The Morgan fingerprint density at radius 3 is 2.81 bits per heavy atom. The van der Waals surface area contributed by atoms with Crippen LogP contribution in [0.4, 0.5) is 10.1 Å². The van der Waals surface area contributed by atoms with E-state index in [2.05, 4.69) is 5.32 Å². The molecule has 1 fully saturated rings. The molecule has 2 aromatic carbocycles. The number of amides is 2. The van der Waals surface area contributed by atoms with E-state index in [-0.39, 0.29) is 17.4 Å². The van der Waals surface area contributed by atoms with Crippen molar-refractivity contribution < 1.29 is 18.7 Å². The first-order valence-corrected chi connectivity index (χ1v) is 8.69. The minimum Gasteiger partial charge on any atom is -0.492 e. The van der Waals surface area contributed by atoms with Gasteiger partial charge in [0.2, 0.25) is 5.91 Å². The number of halogens is 1. The molecule has 0 bridgehead atoms. The van der Waals surface area contributed by atoms with Crippen molar-refractivity contribution in [1.82, 2.24) is 4.90 Å². The maximum Gasteiger partial charge on any atom is 0.254 e. The first-order chi connectivity index (χ1) is 12.6. The zero-order valence-electron chi connectivity index (χ0n) is 14.6. The van der Waals surface area contributed by atoms with Crippen molar-refractivity contribution in [1.29, 1.82) is 0 Å². The Morgan fingerprint density at radius 1 is 1.23 bits per heavy atom. The molecule has 26 heavy (non-hydrogen) atoms. The minimum absolute atomic E-state index is 0.249. The van der Waals surface area contributed by atoms with Crippen molar-refractivity contribution in [3.63, 3.8) is 0 Å². The fraction of sp³-hybridized carbons (Fsp3) is 0.300. The molecular formula is C20H21FN2O3. The molecule has 6 heteroatoms. The van der Waals surface area contributed by atoms with Gasteiger partial charge in [0.1, 0.15) is 17.6 Å². The molecule has 2 amide bonds. The van der Waals surface area contributed by atoms with E-state index in [1.54, 1.807) is 18.2 Å². The van der Waals surface area contributed by atoms with Crippen LogP contribution in [-0.2, 0) is 4.79 Å². The van der Waals surface area contributed by atoms with Crippen LogP contribution in [0.25, 0.3) is 0 Å². The van der Waals surface area contributed by atoms with Gasteiger partial charge < -0.3 is 15.0 Å². The molecule has 0 aromatic heterocycles. The lowest BCUT2D eigenvalue weighted by molar-refractivity contribution is -0.119. The lowest BCUT2D eigenvalue weighted by Gasteiger charge is -2.24. The molecule has 1 heterocycles. The van der Waals surface area contributed by atoms with Gasteiger partial charge in [-0.05, 0) is 50.1 Å². The van der Waals surface area contributed by atoms with E-state index in [9.17, 15) is 14.0 Å². The van der Waals surface area contributed by atoms with Gasteiger partial charge >= 0.3 is 0 Å². The van der Waals surface area contributed by atoms with E-state index < -0.39 is 11.9 Å². The molecule has 0 saturated carbocycles. The van der Waals surface area contributed by atoms with Gasteiger partial charge in [0.15, 0.2) is 0 Å². The topological polar surface area (TPSA) is 58.6 Å². The van der Waals surface area contributed by atoms with Crippen LogP contribution < -0.4 is 10.1 Å². The summed E-state index contributed by atoms with van der Waals surface area (Å²) in [6.45, 7) is 2.83. The highest BCUT2D eigenvalue weighted by molar-refractivity contribution is 6.02. The molecule has 1 aliphatic heterocycles. The lowest BCUT2D eigenvalue weighted by Crippen LogP contribution is -2.43. The van der Waals surface area contributed by atoms with Gasteiger partial charge in [-0.1, -0.05) is 18.2 Å². The van der Waals surface area contributed by atoms with E-state index in [4.69, 9.17) is 4.74 Å². The zero-order valence-corrected chi connectivity index (χ0v) is 14.6. The van der Waals surface area contributed by atoms with Crippen molar-refractivity contribution in [2.24, 2.45) is 0 Å². The van der Waals surface area contributed by atoms with Crippen molar-refractivity contribution in [3.05, 3.63) is 59.9 Å². The number of rotatable bonds is 5. The lowest BCUT2D eigenvalue weighted by atomic mass is 10.1. The quantitative estimate of drug-likeness (QED) is 0.892. The van der Waals surface area contributed by atoms with Crippen LogP contribution in [0.15, 0.2) is 48.5 Å². The Kier molecular flexibility index (Phi) is 5.51. The molecule has 3 rings (SSSR count). The molecule has 136 valence electrons. The van der Waals surface area contributed by atoms with E-state index >= 15 is 0 Å². The van der Waals surface area contributed by atoms with Crippen LogP contribution in [-0.4, -0.2) is 35.9 Å². The van der Waals surface area contributed by atoms with Crippen molar-refractivity contribution in [2.45, 2.75) is 25.8 Å². The van der Waals surface area contributed by atoms with Gasteiger partial charge in [-0.15, -0.1) is 0 Å². The molecule has 1 atom stereocenters. The highest BCUT2D eigenvalue weighted by Crippen LogP contribution is 2.26. The number of para-hydroxylation sites is 2. The van der Waals surface area contributed by atoms with E-state index in [1.165, 1.54) is 23.1 Å². The Hall–Kier alpha value is -2.89. The van der Waals surface area contributed by atoms with Crippen LogP contribution in [0.3, 0.4) is 0 Å². The van der Waals surface area contributed by atoms with Crippen molar-refractivity contribution >= 4 is 17.5 Å². The molecule has 5 nitrogen and oxygen atoms in total. The van der Waals surface area contributed by atoms with Crippen LogP contribution in [0.5, 0.6) is 5.75 Å². The first-order valence-electron chi connectivity index (χ1n) is 8.69. The summed E-state index contributed by atoms with van der Waals surface area (Å²) in [4.78, 5) is 26.9. The number of carbonyl (C=O) groups excluding carboxylic acids is 2. The largest absolute Gasteiger partial charge is 0.492 e. The third kappa shape index (κ3) is 3.85. The molecule has 1 unspecified atom stereocenters. The number of anilines is 1. The number of hydrogen-bond donors (Lipinski definition) is 1. The fourth-order valence-corrected chi connectivity index (χ4v) is 3.14. The van der Waals surface area contributed by atoms with Crippen molar-refractivity contribution in [3.8, 4) is 5.75 Å². The van der Waals surface area contributed by atoms with Gasteiger partial charge in [-0.3, -0.25) is 9.59 Å². The summed E-state index contributed by atoms with van der Waals surface area (Å²) in [5.74, 6) is -0.481. The monoisotopic (exact) mass is 356 g/mol. The summed E-state index contributed by atoms with van der Waals surface area (Å²) in [6.07, 6.45) is 1.30. The summed E-state index contributed by atoms with van der Waals surface area (Å²) in [6, 6.07) is 12.1. The van der Waals surface area contributed by atoms with E-state index in [0.29, 0.717) is 31.0 Å². The Bertz CT molecular complexity index is 809. The van der Waals surface area contributed by atoms with Crippen LogP contribution in [0, 0.1) is 5.82 Å². The third-order valence-electron chi connectivity index (χ3n) is 4.33. The number of nitrogens with one attached hydrogen (secondary N) is 1. The van der Waals surface area contributed by atoms with Gasteiger partial charge in [0, 0.05) is 12.1 Å². The van der Waals surface area contributed by atoms with Gasteiger partial charge in [0.05, 0.1) is 12.3 Å². The first kappa shape index (κ1) is 17.9. The molecule has 0 radical (unpaired) electrons. The average Bonchev–Trinajstić information content (AvgIpc) is 3.13. The zero-order chi connectivity index (χ0) is 18.5. The normalized spacial score (nSPS) is 16.4. The van der Waals surface area contributed by atoms with Gasteiger partial charge in [-0.25, -0.2) is 4.39 Å². The third-order valence-corrected chi connectivity index (χ3v) is 4.33. The summed E-state index contributed by atoms with van der Waals surface area (Å²) in [7, 11) is 0. The standard InChI is InChI=1S/C20H21FN2O3/c1-2-26-18-11-4-3-9-16(18)22-19(24)17-10-6-12-23(17)20(25)14-7-5-8-15(21)13-14/h3-5,7-9,11,13,17H,2,6,10,12H2,1H3,(H,22,24). The maximum absolute atomic E-state index is 13.4. The molecule has 0 aliphatic carbocycles. The van der Waals surface area contributed by atoms with Crippen LogP contribution in [0.1, 0.15) is 30.1 Å². The minimum atomic E-state index is -0.583. The highest BCUT2D eigenvalue weighted by atomic mass is 19.1. The smallest absolute Gasteiger partial charge is 0.254 e. The fourth-order valence-electron chi connectivity index (χ4n) is 3.14. The van der Waals surface area contributed by atoms with Gasteiger partial charge in [-0.2, -0.15) is 0 Å². The molecule has 1 N–H and O–H groups in total. The number of likely N-dealkylation sites (tertiary alicyclic amines) is 1. The highest BCUT2D eigenvalue weighted by Gasteiger charge is 2.34. The molecular weight excluding hydrogens is 335 g/mol. The number of benzene rings is 2. The predicted octanol–water partition coefficient (Wildman–Crippen LogP) is 3.47. The second-order valence-electron chi connectivity index (χ2n) is 6.09. The summed E-state index contributed by atoms with van der Waals surface area (Å²) >= 11 is 0. The number of carbonyl (C=O) groups is 2. The number of ether oxygens (including phenoxy) is 1. The van der Waals surface area contributed by atoms with Gasteiger partial charge in [0.25, 0.3) is 5.91 Å². The van der Waals surface area contributed by atoms with Crippen molar-refractivity contribution in [2.75, 3.05) is 18.5 Å². The maximum atomic E-state index is 13.4. The molecule has 2 aromatic rings. The Balaban J connectivity index is 1.76. The van der Waals surface area contributed by atoms with E-state index in [0.717, 1.165) is 6.42 Å². The Morgan fingerprint density at radius 2 is 2.04 bits per heavy atom. The average molecular weight is 356 g/mol. The summed E-state index contributed by atoms with van der Waals surface area (Å²) in [5, 5.41) is 2.85. The molecule has 1 saturated heterocycles. The summed E-state index contributed by atoms with van der Waals surface area (Å²) < 4.78 is 18.9.